The molecular formula is C8H9ClN4O2S. The molecule has 0 spiro atoms. The Labute approximate surface area is 98.3 Å². The van der Waals surface area contributed by atoms with Crippen LogP contribution in [-0.4, -0.2) is 23.6 Å². The zero-order valence-electron chi connectivity index (χ0n) is 8.38. The highest BCUT2D eigenvalue weighted by Gasteiger charge is 2.23. The van der Waals surface area contributed by atoms with Crippen LogP contribution in [0.1, 0.15) is 13.3 Å². The Balaban J connectivity index is 2.94. The van der Waals surface area contributed by atoms with Gasteiger partial charge in [0.05, 0.1) is 6.07 Å². The average Bonchev–Trinajstić information content (AvgIpc) is 2.18. The maximum Gasteiger partial charge on any atom is 0.250 e. The van der Waals surface area contributed by atoms with Crippen LogP contribution in [0.2, 0.25) is 5.15 Å². The summed E-state index contributed by atoms with van der Waals surface area (Å²) in [6, 6.07) is 2.97. The average molecular weight is 261 g/mol. The molecule has 1 aromatic heterocycles. The number of anilines is 1. The predicted octanol–water partition coefficient (Wildman–Crippen LogP) is 1.17. The van der Waals surface area contributed by atoms with Gasteiger partial charge in [-0.05, 0) is 6.42 Å². The Kier molecular flexibility index (Phi) is 4.04. The molecule has 0 fully saturated rings. The normalized spacial score (nSPS) is 12.8. The number of aromatic nitrogens is 2. The summed E-state index contributed by atoms with van der Waals surface area (Å²) in [5.74, 6) is 0.0497. The lowest BCUT2D eigenvalue weighted by Crippen LogP contribution is -2.26. The molecule has 8 heteroatoms. The lowest BCUT2D eigenvalue weighted by molar-refractivity contribution is 0.592. The summed E-state index contributed by atoms with van der Waals surface area (Å²) in [5, 5.41) is 7.68. The predicted molar refractivity (Wildman–Crippen MR) is 59.3 cm³/mol. The first kappa shape index (κ1) is 12.7. The quantitative estimate of drug-likeness (QED) is 0.820. The van der Waals surface area contributed by atoms with Crippen LogP contribution in [0.3, 0.4) is 0 Å². The van der Waals surface area contributed by atoms with Gasteiger partial charge in [-0.25, -0.2) is 18.4 Å². The van der Waals surface area contributed by atoms with Crippen molar-refractivity contribution in [1.29, 1.82) is 5.26 Å². The van der Waals surface area contributed by atoms with Crippen LogP contribution >= 0.6 is 11.6 Å². The highest BCUT2D eigenvalue weighted by Crippen LogP contribution is 2.13. The molecule has 1 rings (SSSR count). The summed E-state index contributed by atoms with van der Waals surface area (Å²) < 4.78 is 25.4. The zero-order chi connectivity index (χ0) is 12.2. The first-order valence-corrected chi connectivity index (χ1v) is 6.31. The smallest absolute Gasteiger partial charge is 0.250 e. The molecule has 1 aromatic rings. The number of sulfonamides is 1. The van der Waals surface area contributed by atoms with Gasteiger partial charge in [0, 0.05) is 6.07 Å². The van der Waals surface area contributed by atoms with Crippen LogP contribution in [0.25, 0.3) is 0 Å². The zero-order valence-corrected chi connectivity index (χ0v) is 9.96. The SMILES string of the molecule is CCC(C#N)S(=O)(=O)Nc1cc(Cl)ncn1. The van der Waals surface area contributed by atoms with Crippen molar-refractivity contribution in [2.75, 3.05) is 4.72 Å². The van der Waals surface area contributed by atoms with Crippen LogP contribution in [-0.2, 0) is 10.0 Å². The van der Waals surface area contributed by atoms with Gasteiger partial charge in [0.15, 0.2) is 5.25 Å². The van der Waals surface area contributed by atoms with Crippen LogP contribution in [0.5, 0.6) is 0 Å². The molecule has 0 aromatic carbocycles. The topological polar surface area (TPSA) is 95.7 Å². The molecule has 0 amide bonds. The van der Waals surface area contributed by atoms with Gasteiger partial charge in [0.25, 0.3) is 0 Å². The fraction of sp³-hybridized carbons (Fsp3) is 0.375. The van der Waals surface area contributed by atoms with E-state index in [-0.39, 0.29) is 17.4 Å². The number of hydrogen-bond donors (Lipinski definition) is 1. The molecule has 0 saturated carbocycles. The van der Waals surface area contributed by atoms with Gasteiger partial charge in [-0.15, -0.1) is 0 Å². The largest absolute Gasteiger partial charge is 0.266 e. The van der Waals surface area contributed by atoms with E-state index < -0.39 is 15.3 Å². The van der Waals surface area contributed by atoms with Crippen LogP contribution in [0, 0.1) is 11.3 Å². The molecular weight excluding hydrogens is 252 g/mol. The minimum atomic E-state index is -3.75. The Morgan fingerprint density at radius 3 is 2.81 bits per heavy atom. The Morgan fingerprint density at radius 2 is 2.31 bits per heavy atom. The minimum absolute atomic E-state index is 0.0497. The number of nitrogens with zero attached hydrogens (tertiary/aromatic N) is 3. The van der Waals surface area contributed by atoms with E-state index >= 15 is 0 Å². The monoisotopic (exact) mass is 260 g/mol. The first-order valence-electron chi connectivity index (χ1n) is 4.38. The third-order valence-electron chi connectivity index (χ3n) is 1.77. The van der Waals surface area contributed by atoms with Gasteiger partial charge in [-0.3, -0.25) is 4.72 Å². The summed E-state index contributed by atoms with van der Waals surface area (Å²) in [6.45, 7) is 1.61. The highest BCUT2D eigenvalue weighted by atomic mass is 35.5. The fourth-order valence-corrected chi connectivity index (χ4v) is 2.26. The third kappa shape index (κ3) is 3.05. The molecule has 1 heterocycles. The molecule has 6 nitrogen and oxygen atoms in total. The van der Waals surface area contributed by atoms with E-state index in [9.17, 15) is 8.42 Å². The molecule has 0 bridgehead atoms. The number of rotatable bonds is 4. The van der Waals surface area contributed by atoms with Crippen molar-refractivity contribution in [3.8, 4) is 6.07 Å². The van der Waals surface area contributed by atoms with Crippen LogP contribution in [0.15, 0.2) is 12.4 Å². The molecule has 1 unspecified atom stereocenters. The van der Waals surface area contributed by atoms with Gasteiger partial charge in [0.1, 0.15) is 17.3 Å². The number of nitriles is 1. The highest BCUT2D eigenvalue weighted by molar-refractivity contribution is 7.93. The molecule has 0 radical (unpaired) electrons. The van der Waals surface area contributed by atoms with E-state index in [4.69, 9.17) is 16.9 Å². The van der Waals surface area contributed by atoms with Gasteiger partial charge in [-0.1, -0.05) is 18.5 Å². The summed E-state index contributed by atoms with van der Waals surface area (Å²) in [6.07, 6.45) is 1.33. The van der Waals surface area contributed by atoms with E-state index in [2.05, 4.69) is 14.7 Å². The fourth-order valence-electron chi connectivity index (χ4n) is 0.986. The second-order valence-corrected chi connectivity index (χ2v) is 5.15. The molecule has 0 aliphatic carbocycles. The maximum atomic E-state index is 11.6. The van der Waals surface area contributed by atoms with Crippen molar-refractivity contribution in [2.24, 2.45) is 0 Å². The molecule has 0 aliphatic rings. The van der Waals surface area contributed by atoms with Gasteiger partial charge in [-0.2, -0.15) is 5.26 Å². The van der Waals surface area contributed by atoms with Crippen molar-refractivity contribution in [2.45, 2.75) is 18.6 Å². The van der Waals surface area contributed by atoms with Crippen molar-refractivity contribution >= 4 is 27.4 Å². The third-order valence-corrected chi connectivity index (χ3v) is 3.66. The van der Waals surface area contributed by atoms with Crippen molar-refractivity contribution in [3.05, 3.63) is 17.5 Å². The van der Waals surface area contributed by atoms with Crippen molar-refractivity contribution in [3.63, 3.8) is 0 Å². The van der Waals surface area contributed by atoms with Crippen molar-refractivity contribution < 1.29 is 8.42 Å². The summed E-state index contributed by atoms with van der Waals surface area (Å²) in [7, 11) is -3.75. The lowest BCUT2D eigenvalue weighted by atomic mass is 10.4. The second-order valence-electron chi connectivity index (χ2n) is 2.90. The van der Waals surface area contributed by atoms with Gasteiger partial charge in [0.2, 0.25) is 10.0 Å². The molecule has 1 atom stereocenters. The van der Waals surface area contributed by atoms with Crippen LogP contribution in [0.4, 0.5) is 5.82 Å². The Bertz CT molecular complexity index is 511. The maximum absolute atomic E-state index is 11.6. The number of nitrogens with one attached hydrogen (secondary N) is 1. The van der Waals surface area contributed by atoms with E-state index in [0.717, 1.165) is 6.33 Å². The Hall–Kier alpha value is -1.39. The molecule has 16 heavy (non-hydrogen) atoms. The summed E-state index contributed by atoms with van der Waals surface area (Å²) >= 11 is 5.57. The Morgan fingerprint density at radius 1 is 1.62 bits per heavy atom. The minimum Gasteiger partial charge on any atom is -0.266 e. The molecule has 1 N–H and O–H groups in total. The number of hydrogen-bond acceptors (Lipinski definition) is 5. The van der Waals surface area contributed by atoms with E-state index in [0.29, 0.717) is 0 Å². The van der Waals surface area contributed by atoms with E-state index in [1.54, 1.807) is 13.0 Å². The molecule has 86 valence electrons. The lowest BCUT2D eigenvalue weighted by Gasteiger charge is -2.09. The molecule has 0 aliphatic heterocycles. The summed E-state index contributed by atoms with van der Waals surface area (Å²) in [5.41, 5.74) is 0. The number of halogens is 1. The van der Waals surface area contributed by atoms with Crippen molar-refractivity contribution in [1.82, 2.24) is 9.97 Å². The molecule has 0 saturated heterocycles. The second kappa shape index (κ2) is 5.09. The van der Waals surface area contributed by atoms with Crippen LogP contribution < -0.4 is 4.72 Å². The van der Waals surface area contributed by atoms with E-state index in [1.165, 1.54) is 6.07 Å². The standard InChI is InChI=1S/C8H9ClN4O2S/c1-2-6(4-10)16(14,15)13-8-3-7(9)11-5-12-8/h3,5-6H,2H2,1H3,(H,11,12,13). The van der Waals surface area contributed by atoms with E-state index in [1.807, 2.05) is 0 Å². The first-order chi connectivity index (χ1) is 7.49. The summed E-state index contributed by atoms with van der Waals surface area (Å²) in [4.78, 5) is 7.29. The van der Waals surface area contributed by atoms with Gasteiger partial charge < -0.3 is 0 Å². The van der Waals surface area contributed by atoms with Gasteiger partial charge >= 0.3 is 0 Å².